The summed E-state index contributed by atoms with van der Waals surface area (Å²) in [5, 5.41) is 16.5. The molecule has 1 amide bonds. The van der Waals surface area contributed by atoms with Crippen molar-refractivity contribution in [2.45, 2.75) is 26.7 Å². The molecule has 2 N–H and O–H groups in total. The first-order valence-corrected chi connectivity index (χ1v) is 7.06. The minimum absolute atomic E-state index is 0.0322. The Kier molecular flexibility index (Phi) is 4.45. The monoisotopic (exact) mass is 280 g/mol. The number of aromatic nitrogens is 2. The molecule has 112 valence electrons. The van der Waals surface area contributed by atoms with E-state index < -0.39 is 0 Å². The third-order valence-electron chi connectivity index (χ3n) is 3.88. The Morgan fingerprint density at radius 2 is 2.35 bits per heavy atom. The molecular weight excluding hydrogens is 256 g/mol. The number of likely N-dealkylation sites (tertiary alicyclic amines) is 1. The number of rotatable bonds is 4. The van der Waals surface area contributed by atoms with Gasteiger partial charge in [0.1, 0.15) is 5.82 Å². The number of nitrogens with one attached hydrogen (secondary N) is 1. The van der Waals surface area contributed by atoms with E-state index in [4.69, 9.17) is 0 Å². The van der Waals surface area contributed by atoms with Gasteiger partial charge in [-0.3, -0.25) is 14.4 Å². The average Bonchev–Trinajstić information content (AvgIpc) is 2.67. The van der Waals surface area contributed by atoms with Gasteiger partial charge < -0.3 is 10.4 Å². The van der Waals surface area contributed by atoms with Crippen LogP contribution in [0, 0.1) is 12.3 Å². The topological polar surface area (TPSA) is 70.4 Å². The molecule has 6 nitrogen and oxygen atoms in total. The molecule has 0 radical (unpaired) electrons. The number of anilines is 1. The number of carbonyl (C=O) groups excluding carboxylic acids is 1. The molecule has 0 bridgehead atoms. The lowest BCUT2D eigenvalue weighted by Gasteiger charge is -2.38. The molecule has 1 fully saturated rings. The van der Waals surface area contributed by atoms with Crippen LogP contribution < -0.4 is 5.32 Å². The molecule has 1 atom stereocenters. The van der Waals surface area contributed by atoms with Crippen molar-refractivity contribution in [3.05, 3.63) is 11.8 Å². The van der Waals surface area contributed by atoms with Gasteiger partial charge in [-0.25, -0.2) is 0 Å². The van der Waals surface area contributed by atoms with Crippen LogP contribution in [0.4, 0.5) is 5.82 Å². The van der Waals surface area contributed by atoms with Crippen molar-refractivity contribution in [2.75, 3.05) is 31.6 Å². The summed E-state index contributed by atoms with van der Waals surface area (Å²) in [5.74, 6) is 0.685. The zero-order valence-corrected chi connectivity index (χ0v) is 12.5. The van der Waals surface area contributed by atoms with Gasteiger partial charge in [0.05, 0.1) is 12.2 Å². The van der Waals surface area contributed by atoms with E-state index in [2.05, 4.69) is 22.2 Å². The predicted octanol–water partition coefficient (Wildman–Crippen LogP) is 0.761. The lowest BCUT2D eigenvalue weighted by Crippen LogP contribution is -2.46. The summed E-state index contributed by atoms with van der Waals surface area (Å²) in [6.07, 6.45) is 2.04. The van der Waals surface area contributed by atoms with E-state index in [0.29, 0.717) is 6.54 Å². The van der Waals surface area contributed by atoms with Crippen LogP contribution in [0.15, 0.2) is 6.07 Å². The molecular formula is C14H24N4O2. The SMILES string of the molecule is Cc1cc(NC(=O)CN2CCCC(C)(CO)C2)n(C)n1. The van der Waals surface area contributed by atoms with E-state index in [-0.39, 0.29) is 17.9 Å². The summed E-state index contributed by atoms with van der Waals surface area (Å²) < 4.78 is 1.67. The summed E-state index contributed by atoms with van der Waals surface area (Å²) >= 11 is 0. The Labute approximate surface area is 119 Å². The van der Waals surface area contributed by atoms with Gasteiger partial charge in [-0.2, -0.15) is 5.10 Å². The molecule has 6 heteroatoms. The quantitative estimate of drug-likeness (QED) is 0.854. The molecule has 0 saturated carbocycles. The molecule has 1 unspecified atom stereocenters. The maximum Gasteiger partial charge on any atom is 0.239 e. The van der Waals surface area contributed by atoms with Gasteiger partial charge >= 0.3 is 0 Å². The van der Waals surface area contributed by atoms with Crippen molar-refractivity contribution < 1.29 is 9.90 Å². The van der Waals surface area contributed by atoms with Gasteiger partial charge in [0.15, 0.2) is 0 Å². The smallest absolute Gasteiger partial charge is 0.239 e. The summed E-state index contributed by atoms with van der Waals surface area (Å²) in [7, 11) is 1.81. The number of piperidine rings is 1. The first kappa shape index (κ1) is 15.0. The Hall–Kier alpha value is -1.40. The number of aliphatic hydroxyl groups is 1. The largest absolute Gasteiger partial charge is 0.396 e. The molecule has 2 heterocycles. The molecule has 1 aliphatic heterocycles. The van der Waals surface area contributed by atoms with Gasteiger partial charge in [0, 0.05) is 31.7 Å². The van der Waals surface area contributed by atoms with Crippen molar-refractivity contribution in [1.82, 2.24) is 14.7 Å². The summed E-state index contributed by atoms with van der Waals surface area (Å²) in [5.41, 5.74) is 0.801. The van der Waals surface area contributed by atoms with Gasteiger partial charge in [0.2, 0.25) is 5.91 Å². The molecule has 1 aromatic heterocycles. The van der Waals surface area contributed by atoms with Crippen LogP contribution in [0.2, 0.25) is 0 Å². The summed E-state index contributed by atoms with van der Waals surface area (Å²) in [6, 6.07) is 1.85. The Bertz CT molecular complexity index is 486. The van der Waals surface area contributed by atoms with Crippen LogP contribution in [0.5, 0.6) is 0 Å². The summed E-state index contributed by atoms with van der Waals surface area (Å²) in [6.45, 7) is 6.18. The second-order valence-electron chi connectivity index (χ2n) is 6.13. The van der Waals surface area contributed by atoms with Crippen LogP contribution in [0.3, 0.4) is 0 Å². The lowest BCUT2D eigenvalue weighted by molar-refractivity contribution is -0.118. The van der Waals surface area contributed by atoms with Crippen molar-refractivity contribution in [2.24, 2.45) is 12.5 Å². The van der Waals surface area contributed by atoms with Crippen molar-refractivity contribution in [3.8, 4) is 0 Å². The second kappa shape index (κ2) is 5.93. The van der Waals surface area contributed by atoms with E-state index >= 15 is 0 Å². The minimum atomic E-state index is -0.0817. The van der Waals surface area contributed by atoms with Crippen LogP contribution in [0.25, 0.3) is 0 Å². The van der Waals surface area contributed by atoms with Crippen molar-refractivity contribution >= 4 is 11.7 Å². The fraction of sp³-hybridized carbons (Fsp3) is 0.714. The van der Waals surface area contributed by atoms with Crippen molar-refractivity contribution in [3.63, 3.8) is 0 Å². The Morgan fingerprint density at radius 1 is 1.60 bits per heavy atom. The number of aryl methyl sites for hydroxylation is 2. The van der Waals surface area contributed by atoms with Gasteiger partial charge in [-0.1, -0.05) is 6.92 Å². The molecule has 1 saturated heterocycles. The Balaban J connectivity index is 1.90. The van der Waals surface area contributed by atoms with E-state index in [1.807, 2.05) is 20.0 Å². The minimum Gasteiger partial charge on any atom is -0.396 e. The van der Waals surface area contributed by atoms with Crippen LogP contribution in [-0.2, 0) is 11.8 Å². The standard InChI is InChI=1S/C14H24N4O2/c1-11-7-12(17(3)16-11)15-13(20)8-18-6-4-5-14(2,9-18)10-19/h7,19H,4-6,8-10H2,1-3H3,(H,15,20). The number of aliphatic hydroxyl groups excluding tert-OH is 1. The highest BCUT2D eigenvalue weighted by Gasteiger charge is 2.31. The molecule has 0 spiro atoms. The Morgan fingerprint density at radius 3 is 2.95 bits per heavy atom. The normalized spacial score (nSPS) is 23.8. The molecule has 2 rings (SSSR count). The van der Waals surface area contributed by atoms with Crippen LogP contribution in [0.1, 0.15) is 25.5 Å². The fourth-order valence-electron chi connectivity index (χ4n) is 2.80. The first-order chi connectivity index (χ1) is 9.42. The number of hydrogen-bond acceptors (Lipinski definition) is 4. The third kappa shape index (κ3) is 3.58. The highest BCUT2D eigenvalue weighted by Crippen LogP contribution is 2.28. The number of amides is 1. The zero-order chi connectivity index (χ0) is 14.8. The zero-order valence-electron chi connectivity index (χ0n) is 12.5. The van der Waals surface area contributed by atoms with Crippen LogP contribution >= 0.6 is 0 Å². The van der Waals surface area contributed by atoms with E-state index in [1.165, 1.54) is 0 Å². The number of nitrogens with zero attached hydrogens (tertiary/aromatic N) is 3. The van der Waals surface area contributed by atoms with E-state index in [1.54, 1.807) is 4.68 Å². The molecule has 20 heavy (non-hydrogen) atoms. The highest BCUT2D eigenvalue weighted by atomic mass is 16.3. The van der Waals surface area contributed by atoms with Gasteiger partial charge in [-0.15, -0.1) is 0 Å². The highest BCUT2D eigenvalue weighted by molar-refractivity contribution is 5.91. The maximum absolute atomic E-state index is 12.1. The van der Waals surface area contributed by atoms with Crippen LogP contribution in [-0.4, -0.2) is 51.9 Å². The summed E-state index contributed by atoms with van der Waals surface area (Å²) in [4.78, 5) is 14.2. The van der Waals surface area contributed by atoms with E-state index in [0.717, 1.165) is 37.4 Å². The fourth-order valence-corrected chi connectivity index (χ4v) is 2.80. The maximum atomic E-state index is 12.1. The molecule has 0 aliphatic carbocycles. The molecule has 1 aliphatic rings. The van der Waals surface area contributed by atoms with E-state index in [9.17, 15) is 9.90 Å². The molecule has 1 aromatic rings. The van der Waals surface area contributed by atoms with Gasteiger partial charge in [0.25, 0.3) is 0 Å². The predicted molar refractivity (Wildman–Crippen MR) is 77.4 cm³/mol. The van der Waals surface area contributed by atoms with Crippen molar-refractivity contribution in [1.29, 1.82) is 0 Å². The molecule has 0 aromatic carbocycles. The lowest BCUT2D eigenvalue weighted by atomic mass is 9.83. The third-order valence-corrected chi connectivity index (χ3v) is 3.88. The first-order valence-electron chi connectivity index (χ1n) is 7.06. The number of hydrogen-bond donors (Lipinski definition) is 2. The van der Waals surface area contributed by atoms with Gasteiger partial charge in [-0.05, 0) is 26.3 Å². The second-order valence-corrected chi connectivity index (χ2v) is 6.13. The average molecular weight is 280 g/mol. The number of carbonyl (C=O) groups is 1.